The summed E-state index contributed by atoms with van der Waals surface area (Å²) in [5, 5.41) is -0.555. The summed E-state index contributed by atoms with van der Waals surface area (Å²) >= 11 is 0. The van der Waals surface area contributed by atoms with E-state index >= 15 is 0 Å². The third-order valence-electron chi connectivity index (χ3n) is 3.13. The van der Waals surface area contributed by atoms with Crippen molar-refractivity contribution in [2.45, 2.75) is 32.9 Å². The van der Waals surface area contributed by atoms with E-state index in [4.69, 9.17) is 9.47 Å². The van der Waals surface area contributed by atoms with Crippen molar-refractivity contribution in [2.24, 2.45) is 5.92 Å². The van der Waals surface area contributed by atoms with Gasteiger partial charge in [-0.1, -0.05) is 36.6 Å². The minimum atomic E-state index is -1.51. The summed E-state index contributed by atoms with van der Waals surface area (Å²) in [4.78, 5) is 11.9. The van der Waals surface area contributed by atoms with Gasteiger partial charge in [-0.25, -0.2) is 4.79 Å². The van der Waals surface area contributed by atoms with Gasteiger partial charge in [-0.15, -0.1) is 0 Å². The minimum absolute atomic E-state index is 0.139. The SMILES string of the molecule is CC(C)COCC[P+](=O)C(C)(C)COC(=O)c1ccccc1. The highest BCUT2D eigenvalue weighted by molar-refractivity contribution is 7.46. The molecule has 1 aromatic rings. The highest BCUT2D eigenvalue weighted by atomic mass is 31.1. The van der Waals surface area contributed by atoms with E-state index in [0.29, 0.717) is 30.9 Å². The maximum atomic E-state index is 12.3. The van der Waals surface area contributed by atoms with Gasteiger partial charge in [0.05, 0.1) is 12.2 Å². The molecule has 1 atom stereocenters. The van der Waals surface area contributed by atoms with Crippen molar-refractivity contribution in [3.63, 3.8) is 0 Å². The zero-order valence-electron chi connectivity index (χ0n) is 13.9. The Balaban J connectivity index is 2.39. The van der Waals surface area contributed by atoms with Crippen LogP contribution in [0.15, 0.2) is 30.3 Å². The molecule has 0 heterocycles. The average molecular weight is 325 g/mol. The van der Waals surface area contributed by atoms with Gasteiger partial charge in [0.1, 0.15) is 6.61 Å². The number of hydrogen-bond donors (Lipinski definition) is 0. The standard InChI is InChI=1S/C17H26O4P/c1-14(2)12-20-10-11-22(19)17(3,4)13-21-16(18)15-8-6-5-7-9-15/h5-9,14H,10-13H2,1-4H3/q+1. The summed E-state index contributed by atoms with van der Waals surface area (Å²) in [5.41, 5.74) is 0.508. The molecule has 22 heavy (non-hydrogen) atoms. The molecule has 0 amide bonds. The lowest BCUT2D eigenvalue weighted by Gasteiger charge is -2.14. The number of esters is 1. The fourth-order valence-corrected chi connectivity index (χ4v) is 2.85. The van der Waals surface area contributed by atoms with Gasteiger partial charge in [0.15, 0.2) is 11.3 Å². The Hall–Kier alpha value is -1.25. The van der Waals surface area contributed by atoms with Gasteiger partial charge in [-0.3, -0.25) is 0 Å². The second-order valence-corrected chi connectivity index (χ2v) is 8.74. The van der Waals surface area contributed by atoms with Gasteiger partial charge in [-0.2, -0.15) is 0 Å². The first kappa shape index (κ1) is 18.8. The van der Waals surface area contributed by atoms with Gasteiger partial charge in [0.2, 0.25) is 0 Å². The van der Waals surface area contributed by atoms with Gasteiger partial charge in [0, 0.05) is 6.61 Å². The van der Waals surface area contributed by atoms with Gasteiger partial charge in [-0.05, 0) is 31.9 Å². The smallest absolute Gasteiger partial charge is 0.350 e. The highest BCUT2D eigenvalue weighted by Gasteiger charge is 2.40. The Morgan fingerprint density at radius 1 is 1.23 bits per heavy atom. The molecule has 0 saturated heterocycles. The molecule has 0 saturated carbocycles. The minimum Gasteiger partial charge on any atom is -0.457 e. The molecular formula is C17H26O4P+. The van der Waals surface area contributed by atoms with E-state index in [1.165, 1.54) is 0 Å². The van der Waals surface area contributed by atoms with E-state index in [2.05, 4.69) is 13.8 Å². The van der Waals surface area contributed by atoms with E-state index in [0.717, 1.165) is 0 Å². The van der Waals surface area contributed by atoms with E-state index in [1.807, 2.05) is 19.9 Å². The monoisotopic (exact) mass is 325 g/mol. The Kier molecular flexibility index (Phi) is 7.70. The van der Waals surface area contributed by atoms with Crippen molar-refractivity contribution >= 4 is 13.8 Å². The zero-order valence-corrected chi connectivity index (χ0v) is 14.8. The molecule has 1 unspecified atom stereocenters. The lowest BCUT2D eigenvalue weighted by atomic mass is 10.2. The zero-order chi connectivity index (χ0) is 16.6. The molecule has 0 radical (unpaired) electrons. The lowest BCUT2D eigenvalue weighted by molar-refractivity contribution is 0.0473. The number of benzene rings is 1. The number of hydrogen-bond acceptors (Lipinski definition) is 4. The lowest BCUT2D eigenvalue weighted by Crippen LogP contribution is -2.26. The normalized spacial score (nSPS) is 12.3. The van der Waals surface area contributed by atoms with Gasteiger partial charge < -0.3 is 9.47 Å². The molecule has 0 N–H and O–H groups in total. The van der Waals surface area contributed by atoms with Crippen LogP contribution in [0, 0.1) is 5.92 Å². The van der Waals surface area contributed by atoms with Crippen LogP contribution in [0.25, 0.3) is 0 Å². The second kappa shape index (κ2) is 9.02. The number of carbonyl (C=O) groups is 1. The Bertz CT molecular complexity index is 483. The quantitative estimate of drug-likeness (QED) is 0.389. The molecule has 0 fully saturated rings. The molecule has 5 heteroatoms. The Labute approximate surface area is 134 Å². The predicted octanol–water partition coefficient (Wildman–Crippen LogP) is 4.12. The summed E-state index contributed by atoms with van der Waals surface area (Å²) in [6.45, 7) is 9.15. The van der Waals surface area contributed by atoms with E-state index < -0.39 is 13.0 Å². The van der Waals surface area contributed by atoms with E-state index in [1.54, 1.807) is 24.3 Å². The maximum absolute atomic E-state index is 12.3. The summed E-state index contributed by atoms with van der Waals surface area (Å²) < 4.78 is 23.1. The van der Waals surface area contributed by atoms with Crippen molar-refractivity contribution in [2.75, 3.05) is 26.0 Å². The van der Waals surface area contributed by atoms with Crippen LogP contribution in [0.2, 0.25) is 0 Å². The van der Waals surface area contributed by atoms with Crippen LogP contribution in [0.3, 0.4) is 0 Å². The number of ether oxygens (including phenoxy) is 2. The van der Waals surface area contributed by atoms with Crippen molar-refractivity contribution in [1.82, 2.24) is 0 Å². The first-order chi connectivity index (χ1) is 10.3. The van der Waals surface area contributed by atoms with Crippen LogP contribution in [-0.2, 0) is 14.0 Å². The van der Waals surface area contributed by atoms with Crippen molar-refractivity contribution in [3.8, 4) is 0 Å². The van der Waals surface area contributed by atoms with Crippen LogP contribution < -0.4 is 0 Å². The van der Waals surface area contributed by atoms with E-state index in [9.17, 15) is 9.36 Å². The summed E-state index contributed by atoms with van der Waals surface area (Å²) in [6.07, 6.45) is 0.484. The third kappa shape index (κ3) is 6.67. The van der Waals surface area contributed by atoms with Crippen molar-refractivity contribution < 1.29 is 18.8 Å². The molecule has 1 aromatic carbocycles. The second-order valence-electron chi connectivity index (χ2n) is 6.33. The fraction of sp³-hybridized carbons (Fsp3) is 0.588. The summed E-state index contributed by atoms with van der Waals surface area (Å²) in [6, 6.07) is 8.82. The summed E-state index contributed by atoms with van der Waals surface area (Å²) in [7, 11) is -1.51. The van der Waals surface area contributed by atoms with Crippen molar-refractivity contribution in [3.05, 3.63) is 35.9 Å². The molecule has 0 aliphatic carbocycles. The van der Waals surface area contributed by atoms with Crippen LogP contribution in [0.5, 0.6) is 0 Å². The fourth-order valence-electron chi connectivity index (χ4n) is 1.74. The third-order valence-corrected chi connectivity index (χ3v) is 5.20. The number of carbonyl (C=O) groups excluding carboxylic acids is 1. The van der Waals surface area contributed by atoms with Gasteiger partial charge >= 0.3 is 13.8 Å². The average Bonchev–Trinajstić information content (AvgIpc) is 2.49. The van der Waals surface area contributed by atoms with Crippen molar-refractivity contribution in [1.29, 1.82) is 0 Å². The molecular weight excluding hydrogens is 299 g/mol. The molecule has 0 bridgehead atoms. The molecule has 0 spiro atoms. The molecule has 1 rings (SSSR count). The summed E-state index contributed by atoms with van der Waals surface area (Å²) in [5.74, 6) is 0.0888. The molecule has 4 nitrogen and oxygen atoms in total. The molecule has 0 aliphatic heterocycles. The molecule has 0 aliphatic rings. The predicted molar refractivity (Wildman–Crippen MR) is 88.9 cm³/mol. The van der Waals surface area contributed by atoms with Gasteiger partial charge in [0.25, 0.3) is 0 Å². The van der Waals surface area contributed by atoms with Crippen LogP contribution in [0.1, 0.15) is 38.1 Å². The highest BCUT2D eigenvalue weighted by Crippen LogP contribution is 2.38. The largest absolute Gasteiger partial charge is 0.457 e. The maximum Gasteiger partial charge on any atom is 0.350 e. The van der Waals surface area contributed by atoms with E-state index in [-0.39, 0.29) is 12.6 Å². The first-order valence-electron chi connectivity index (χ1n) is 7.57. The topological polar surface area (TPSA) is 52.6 Å². The Morgan fingerprint density at radius 3 is 2.45 bits per heavy atom. The Morgan fingerprint density at radius 2 is 1.86 bits per heavy atom. The van der Waals surface area contributed by atoms with Crippen LogP contribution >= 0.6 is 7.80 Å². The number of rotatable bonds is 9. The molecule has 122 valence electrons. The first-order valence-corrected chi connectivity index (χ1v) is 9.02. The van der Waals surface area contributed by atoms with Crippen LogP contribution in [-0.4, -0.2) is 37.1 Å². The molecule has 0 aromatic heterocycles. The van der Waals surface area contributed by atoms with Crippen LogP contribution in [0.4, 0.5) is 0 Å².